The van der Waals surface area contributed by atoms with Crippen LogP contribution in [-0.2, 0) is 4.74 Å². The van der Waals surface area contributed by atoms with E-state index in [0.717, 1.165) is 50.1 Å². The number of pyridine rings is 2. The summed E-state index contributed by atoms with van der Waals surface area (Å²) in [6.07, 6.45) is 3.53. The average Bonchev–Trinajstić information content (AvgIpc) is 3.39. The van der Waals surface area contributed by atoms with Crippen molar-refractivity contribution in [2.24, 2.45) is 0 Å². The number of aromatic amines is 1. The standard InChI is InChI=1S/C20H18ClN5OS/c1-12-11-27-8-7-26(12)17-10-14(20-15(21)4-9-28-20)13-2-5-22-19(18(13)24-17)16-3-6-23-25-16/h2-6,9-10,12H,7-8,11H2,1H3,(H,23,25). The molecule has 4 aromatic heterocycles. The predicted octanol–water partition coefficient (Wildman–Crippen LogP) is 4.63. The Morgan fingerprint density at radius 3 is 2.96 bits per heavy atom. The van der Waals surface area contributed by atoms with Crippen LogP contribution < -0.4 is 4.90 Å². The lowest BCUT2D eigenvalue weighted by atomic mass is 10.1. The van der Waals surface area contributed by atoms with E-state index in [-0.39, 0.29) is 6.04 Å². The number of rotatable bonds is 3. The molecule has 1 fully saturated rings. The number of anilines is 1. The van der Waals surface area contributed by atoms with Gasteiger partial charge in [0, 0.05) is 29.9 Å². The van der Waals surface area contributed by atoms with Crippen molar-refractivity contribution < 1.29 is 4.74 Å². The van der Waals surface area contributed by atoms with Crippen LogP contribution in [0.1, 0.15) is 6.92 Å². The highest BCUT2D eigenvalue weighted by Gasteiger charge is 2.23. The third-order valence-corrected chi connectivity index (χ3v) is 6.37. The fraction of sp³-hybridized carbons (Fsp3) is 0.250. The minimum atomic E-state index is 0.248. The molecule has 8 heteroatoms. The zero-order chi connectivity index (χ0) is 19.1. The minimum absolute atomic E-state index is 0.248. The van der Waals surface area contributed by atoms with Crippen molar-refractivity contribution in [3.8, 4) is 21.8 Å². The molecule has 5 heterocycles. The number of nitrogens with one attached hydrogen (secondary N) is 1. The molecule has 1 aliphatic rings. The van der Waals surface area contributed by atoms with Gasteiger partial charge < -0.3 is 9.64 Å². The van der Waals surface area contributed by atoms with E-state index >= 15 is 0 Å². The fourth-order valence-corrected chi connectivity index (χ4v) is 4.80. The molecule has 6 nitrogen and oxygen atoms in total. The number of fused-ring (bicyclic) bond motifs is 1. The van der Waals surface area contributed by atoms with E-state index in [1.807, 2.05) is 29.8 Å². The first kappa shape index (κ1) is 17.6. The molecule has 4 aromatic rings. The van der Waals surface area contributed by atoms with Crippen LogP contribution in [0.4, 0.5) is 5.82 Å². The Balaban J connectivity index is 1.79. The predicted molar refractivity (Wildman–Crippen MR) is 113 cm³/mol. The SMILES string of the molecule is CC1COCCN1c1cc(-c2sccc2Cl)c2ccnc(-c3ccn[nH]3)c2n1. The van der Waals surface area contributed by atoms with E-state index in [2.05, 4.69) is 33.1 Å². The molecule has 0 aliphatic carbocycles. The Hall–Kier alpha value is -2.48. The summed E-state index contributed by atoms with van der Waals surface area (Å²) in [4.78, 5) is 12.9. The summed E-state index contributed by atoms with van der Waals surface area (Å²) in [5, 5.41) is 10.9. The first-order valence-corrected chi connectivity index (χ1v) is 10.4. The number of morpholine rings is 1. The smallest absolute Gasteiger partial charge is 0.130 e. The van der Waals surface area contributed by atoms with Gasteiger partial charge in [0.25, 0.3) is 0 Å². The number of aromatic nitrogens is 4. The van der Waals surface area contributed by atoms with Gasteiger partial charge in [-0.2, -0.15) is 5.10 Å². The summed E-state index contributed by atoms with van der Waals surface area (Å²) < 4.78 is 5.61. The molecular weight excluding hydrogens is 394 g/mol. The molecule has 0 bridgehead atoms. The van der Waals surface area contributed by atoms with Crippen molar-refractivity contribution in [2.75, 3.05) is 24.7 Å². The van der Waals surface area contributed by atoms with Gasteiger partial charge in [-0.1, -0.05) is 11.6 Å². The summed E-state index contributed by atoms with van der Waals surface area (Å²) in [5.74, 6) is 0.913. The molecule has 28 heavy (non-hydrogen) atoms. The number of hydrogen-bond acceptors (Lipinski definition) is 6. The van der Waals surface area contributed by atoms with Gasteiger partial charge in [0.05, 0.1) is 34.8 Å². The van der Waals surface area contributed by atoms with E-state index in [1.54, 1.807) is 17.5 Å². The lowest BCUT2D eigenvalue weighted by Gasteiger charge is -2.34. The molecule has 0 spiro atoms. The third kappa shape index (κ3) is 2.96. The van der Waals surface area contributed by atoms with Crippen molar-refractivity contribution in [2.45, 2.75) is 13.0 Å². The largest absolute Gasteiger partial charge is 0.377 e. The van der Waals surface area contributed by atoms with E-state index in [4.69, 9.17) is 21.3 Å². The summed E-state index contributed by atoms with van der Waals surface area (Å²) >= 11 is 8.14. The van der Waals surface area contributed by atoms with Gasteiger partial charge in [0.1, 0.15) is 17.0 Å². The molecule has 1 aliphatic heterocycles. The Morgan fingerprint density at radius 1 is 1.29 bits per heavy atom. The summed E-state index contributed by atoms with van der Waals surface area (Å²) in [6, 6.07) is 8.23. The lowest BCUT2D eigenvalue weighted by Crippen LogP contribution is -2.44. The summed E-state index contributed by atoms with van der Waals surface area (Å²) in [7, 11) is 0. The second kappa shape index (κ2) is 7.16. The maximum Gasteiger partial charge on any atom is 0.130 e. The molecule has 0 radical (unpaired) electrons. The summed E-state index contributed by atoms with van der Waals surface area (Å²) in [6.45, 7) is 4.34. The normalized spacial score (nSPS) is 17.4. The highest BCUT2D eigenvalue weighted by molar-refractivity contribution is 7.14. The number of thiophene rings is 1. The Morgan fingerprint density at radius 2 is 2.21 bits per heavy atom. The number of hydrogen-bond donors (Lipinski definition) is 1. The first-order chi connectivity index (χ1) is 13.7. The van der Waals surface area contributed by atoms with Crippen molar-refractivity contribution in [3.05, 3.63) is 47.1 Å². The second-order valence-electron chi connectivity index (χ2n) is 6.77. The summed E-state index contributed by atoms with van der Waals surface area (Å²) in [5.41, 5.74) is 3.53. The molecule has 1 saturated heterocycles. The first-order valence-electron chi connectivity index (χ1n) is 9.09. The average molecular weight is 412 g/mol. The zero-order valence-electron chi connectivity index (χ0n) is 15.2. The van der Waals surface area contributed by atoms with Crippen molar-refractivity contribution in [3.63, 3.8) is 0 Å². The molecule has 0 saturated carbocycles. The molecule has 142 valence electrons. The Labute approximate surface area is 171 Å². The van der Waals surface area contributed by atoms with E-state index in [9.17, 15) is 0 Å². The molecule has 5 rings (SSSR count). The number of halogens is 1. The van der Waals surface area contributed by atoms with Crippen LogP contribution in [0.5, 0.6) is 0 Å². The van der Waals surface area contributed by atoms with Crippen molar-refractivity contribution >= 4 is 39.7 Å². The van der Waals surface area contributed by atoms with Gasteiger partial charge in [-0.05, 0) is 36.6 Å². The Bertz CT molecular complexity index is 1130. The van der Waals surface area contributed by atoms with Crippen LogP contribution >= 0.6 is 22.9 Å². The topological polar surface area (TPSA) is 66.9 Å². The van der Waals surface area contributed by atoms with Crippen LogP contribution in [0.2, 0.25) is 5.02 Å². The van der Waals surface area contributed by atoms with Gasteiger partial charge in [-0.25, -0.2) is 4.98 Å². The van der Waals surface area contributed by atoms with Crippen molar-refractivity contribution in [1.29, 1.82) is 0 Å². The van der Waals surface area contributed by atoms with Crippen molar-refractivity contribution in [1.82, 2.24) is 20.2 Å². The lowest BCUT2D eigenvalue weighted by molar-refractivity contribution is 0.0986. The second-order valence-corrected chi connectivity index (χ2v) is 8.09. The third-order valence-electron chi connectivity index (χ3n) is 4.99. The van der Waals surface area contributed by atoms with Crippen LogP contribution in [0.15, 0.2) is 42.0 Å². The quantitative estimate of drug-likeness (QED) is 0.532. The molecule has 0 aromatic carbocycles. The van der Waals surface area contributed by atoms with Crippen LogP contribution in [-0.4, -0.2) is 46.0 Å². The number of H-pyrrole nitrogens is 1. The monoisotopic (exact) mass is 411 g/mol. The number of nitrogens with zero attached hydrogens (tertiary/aromatic N) is 4. The van der Waals surface area contributed by atoms with Crippen LogP contribution in [0, 0.1) is 0 Å². The number of ether oxygens (including phenoxy) is 1. The molecule has 0 amide bonds. The van der Waals surface area contributed by atoms with E-state index in [0.29, 0.717) is 13.2 Å². The molecule has 1 atom stereocenters. The van der Waals surface area contributed by atoms with Gasteiger partial charge in [0.2, 0.25) is 0 Å². The minimum Gasteiger partial charge on any atom is -0.377 e. The van der Waals surface area contributed by atoms with Gasteiger partial charge in [-0.3, -0.25) is 10.1 Å². The zero-order valence-corrected chi connectivity index (χ0v) is 16.8. The van der Waals surface area contributed by atoms with Crippen LogP contribution in [0.25, 0.3) is 32.7 Å². The van der Waals surface area contributed by atoms with Gasteiger partial charge >= 0.3 is 0 Å². The van der Waals surface area contributed by atoms with Gasteiger partial charge in [0.15, 0.2) is 0 Å². The molecular formula is C20H18ClN5OS. The van der Waals surface area contributed by atoms with Crippen LogP contribution in [0.3, 0.4) is 0 Å². The van der Waals surface area contributed by atoms with E-state index in [1.165, 1.54) is 0 Å². The van der Waals surface area contributed by atoms with E-state index < -0.39 is 0 Å². The maximum absolute atomic E-state index is 6.51. The maximum atomic E-state index is 6.51. The molecule has 1 N–H and O–H groups in total. The van der Waals surface area contributed by atoms with Gasteiger partial charge in [-0.15, -0.1) is 11.3 Å². The fourth-order valence-electron chi connectivity index (χ4n) is 3.61. The Kier molecular flexibility index (Phi) is 4.50. The highest BCUT2D eigenvalue weighted by atomic mass is 35.5. The highest BCUT2D eigenvalue weighted by Crippen LogP contribution is 2.40. The molecule has 1 unspecified atom stereocenters.